The van der Waals surface area contributed by atoms with Crippen LogP contribution in [0.15, 0.2) is 23.6 Å². The van der Waals surface area contributed by atoms with E-state index < -0.39 is 22.7 Å². The normalized spacial score (nSPS) is 11.4. The molecule has 0 aliphatic heterocycles. The highest BCUT2D eigenvalue weighted by Gasteiger charge is 2.33. The highest BCUT2D eigenvalue weighted by molar-refractivity contribution is 7.09. The smallest absolute Gasteiger partial charge is 0.321 e. The lowest BCUT2D eigenvalue weighted by Gasteiger charge is -2.11. The van der Waals surface area contributed by atoms with Gasteiger partial charge in [0.1, 0.15) is 5.69 Å². The molecule has 0 unspecified atom stereocenters. The molecule has 1 heterocycles. The Morgan fingerprint density at radius 1 is 1.40 bits per heavy atom. The molecular formula is C12H8ClF3N2OS. The first-order chi connectivity index (χ1) is 9.27. The Bertz CT molecular complexity index is 654. The summed E-state index contributed by atoms with van der Waals surface area (Å²) in [6, 6.07) is 3.18. The van der Waals surface area contributed by atoms with Crippen LogP contribution in [0.5, 0.6) is 0 Å². The van der Waals surface area contributed by atoms with Crippen LogP contribution in [-0.4, -0.2) is 10.9 Å². The molecule has 0 saturated heterocycles. The molecule has 0 atom stereocenters. The third kappa shape index (κ3) is 3.29. The molecule has 0 fully saturated rings. The van der Waals surface area contributed by atoms with Gasteiger partial charge in [0.25, 0.3) is 5.91 Å². The van der Waals surface area contributed by atoms with Crippen LogP contribution in [0.1, 0.15) is 21.1 Å². The summed E-state index contributed by atoms with van der Waals surface area (Å²) in [6.07, 6.45) is -4.57. The van der Waals surface area contributed by atoms with Gasteiger partial charge < -0.3 is 5.32 Å². The standard InChI is InChI=1S/C12H8ClF3N2OS/c1-6-17-10(5-20-6)11(19)18-7-2-3-9(13)8(4-7)12(14,15)16/h2-5H,1H3,(H,18,19). The number of rotatable bonds is 2. The van der Waals surface area contributed by atoms with Gasteiger partial charge in [0, 0.05) is 11.1 Å². The van der Waals surface area contributed by atoms with Gasteiger partial charge in [0.05, 0.1) is 15.6 Å². The first kappa shape index (κ1) is 14.8. The molecule has 0 aliphatic rings. The number of hydrogen-bond acceptors (Lipinski definition) is 3. The van der Waals surface area contributed by atoms with Crippen molar-refractivity contribution in [3.8, 4) is 0 Å². The van der Waals surface area contributed by atoms with Gasteiger partial charge in [0.15, 0.2) is 0 Å². The summed E-state index contributed by atoms with van der Waals surface area (Å²) < 4.78 is 38.1. The molecule has 2 aromatic rings. The maximum absolute atomic E-state index is 12.7. The number of carbonyl (C=O) groups excluding carboxylic acids is 1. The first-order valence-corrected chi connectivity index (χ1v) is 6.63. The van der Waals surface area contributed by atoms with E-state index in [1.54, 1.807) is 6.92 Å². The molecule has 20 heavy (non-hydrogen) atoms. The fraction of sp³-hybridized carbons (Fsp3) is 0.167. The Balaban J connectivity index is 2.24. The molecule has 0 saturated carbocycles. The zero-order valence-electron chi connectivity index (χ0n) is 10.1. The fourth-order valence-corrected chi connectivity index (χ4v) is 2.30. The van der Waals surface area contributed by atoms with Gasteiger partial charge in [-0.05, 0) is 25.1 Å². The first-order valence-electron chi connectivity index (χ1n) is 5.37. The van der Waals surface area contributed by atoms with Crippen molar-refractivity contribution in [2.24, 2.45) is 0 Å². The van der Waals surface area contributed by atoms with Crippen LogP contribution in [0.2, 0.25) is 5.02 Å². The van der Waals surface area contributed by atoms with Crippen molar-refractivity contribution in [3.05, 3.63) is 44.9 Å². The summed E-state index contributed by atoms with van der Waals surface area (Å²) in [7, 11) is 0. The lowest BCUT2D eigenvalue weighted by molar-refractivity contribution is -0.137. The summed E-state index contributed by atoms with van der Waals surface area (Å²) >= 11 is 6.77. The molecule has 3 nitrogen and oxygen atoms in total. The molecular weight excluding hydrogens is 313 g/mol. The van der Waals surface area contributed by atoms with Crippen molar-refractivity contribution in [2.75, 3.05) is 5.32 Å². The summed E-state index contributed by atoms with van der Waals surface area (Å²) in [5.74, 6) is -0.565. The Morgan fingerprint density at radius 2 is 2.10 bits per heavy atom. The highest BCUT2D eigenvalue weighted by Crippen LogP contribution is 2.36. The van der Waals surface area contributed by atoms with Gasteiger partial charge >= 0.3 is 6.18 Å². The molecule has 1 aromatic heterocycles. The number of carbonyl (C=O) groups is 1. The van der Waals surface area contributed by atoms with E-state index in [1.165, 1.54) is 22.8 Å². The van der Waals surface area contributed by atoms with Gasteiger partial charge in [-0.1, -0.05) is 11.6 Å². The lowest BCUT2D eigenvalue weighted by Crippen LogP contribution is -2.13. The van der Waals surface area contributed by atoms with Gasteiger partial charge in [0.2, 0.25) is 0 Å². The minimum atomic E-state index is -4.57. The van der Waals surface area contributed by atoms with Crippen LogP contribution >= 0.6 is 22.9 Å². The van der Waals surface area contributed by atoms with E-state index in [-0.39, 0.29) is 11.4 Å². The Labute approximate surface area is 121 Å². The topological polar surface area (TPSA) is 42.0 Å². The van der Waals surface area contributed by atoms with Crippen LogP contribution in [0, 0.1) is 6.92 Å². The molecule has 0 bridgehead atoms. The monoisotopic (exact) mass is 320 g/mol. The number of benzene rings is 1. The van der Waals surface area contributed by atoms with Crippen molar-refractivity contribution in [1.29, 1.82) is 0 Å². The van der Waals surface area contributed by atoms with Gasteiger partial charge in [-0.3, -0.25) is 4.79 Å². The molecule has 0 spiro atoms. The number of thiazole rings is 1. The largest absolute Gasteiger partial charge is 0.417 e. The minimum absolute atomic E-state index is 0.0115. The predicted octanol–water partition coefficient (Wildman–Crippen LogP) is 4.38. The van der Waals surface area contributed by atoms with Gasteiger partial charge in [-0.25, -0.2) is 4.98 Å². The molecule has 106 valence electrons. The SMILES string of the molecule is Cc1nc(C(=O)Nc2ccc(Cl)c(C(F)(F)F)c2)cs1. The average molecular weight is 321 g/mol. The molecule has 0 aliphatic carbocycles. The van der Waals surface area contributed by atoms with Crippen LogP contribution in [0.3, 0.4) is 0 Å². The second-order valence-electron chi connectivity index (χ2n) is 3.90. The molecule has 1 amide bonds. The van der Waals surface area contributed by atoms with E-state index in [0.29, 0.717) is 5.01 Å². The van der Waals surface area contributed by atoms with E-state index in [9.17, 15) is 18.0 Å². The van der Waals surface area contributed by atoms with Crippen LogP contribution in [-0.2, 0) is 6.18 Å². The second-order valence-corrected chi connectivity index (χ2v) is 5.37. The maximum atomic E-state index is 12.7. The van der Waals surface area contributed by atoms with E-state index >= 15 is 0 Å². The lowest BCUT2D eigenvalue weighted by atomic mass is 10.2. The van der Waals surface area contributed by atoms with Crippen molar-refractivity contribution < 1.29 is 18.0 Å². The zero-order valence-corrected chi connectivity index (χ0v) is 11.7. The third-order valence-corrected chi connectivity index (χ3v) is 3.48. The Kier molecular flexibility index (Phi) is 4.01. The molecule has 1 aromatic carbocycles. The third-order valence-electron chi connectivity index (χ3n) is 2.38. The van der Waals surface area contributed by atoms with E-state index in [1.807, 2.05) is 0 Å². The number of hydrogen-bond donors (Lipinski definition) is 1. The van der Waals surface area contributed by atoms with Crippen molar-refractivity contribution in [1.82, 2.24) is 4.98 Å². The highest BCUT2D eigenvalue weighted by atomic mass is 35.5. The molecule has 2 rings (SSSR count). The summed E-state index contributed by atoms with van der Waals surface area (Å²) in [5.41, 5.74) is -0.820. The summed E-state index contributed by atoms with van der Waals surface area (Å²) in [4.78, 5) is 15.7. The van der Waals surface area contributed by atoms with Gasteiger partial charge in [-0.2, -0.15) is 13.2 Å². The molecule has 8 heteroatoms. The van der Waals surface area contributed by atoms with Crippen molar-refractivity contribution in [3.63, 3.8) is 0 Å². The van der Waals surface area contributed by atoms with Crippen molar-refractivity contribution >= 4 is 34.5 Å². The Morgan fingerprint density at radius 3 is 2.65 bits per heavy atom. The Hall–Kier alpha value is -1.60. The second kappa shape index (κ2) is 5.41. The van der Waals surface area contributed by atoms with Gasteiger partial charge in [-0.15, -0.1) is 11.3 Å². The number of alkyl halides is 3. The molecule has 0 radical (unpaired) electrons. The number of aromatic nitrogens is 1. The van der Waals surface area contributed by atoms with E-state index in [4.69, 9.17) is 11.6 Å². The number of nitrogens with zero attached hydrogens (tertiary/aromatic N) is 1. The van der Waals surface area contributed by atoms with Crippen molar-refractivity contribution in [2.45, 2.75) is 13.1 Å². The predicted molar refractivity (Wildman–Crippen MR) is 71.3 cm³/mol. The molecule has 1 N–H and O–H groups in total. The van der Waals surface area contributed by atoms with Crippen LogP contribution < -0.4 is 5.32 Å². The maximum Gasteiger partial charge on any atom is 0.417 e. The number of anilines is 1. The minimum Gasteiger partial charge on any atom is -0.321 e. The zero-order chi connectivity index (χ0) is 14.9. The quantitative estimate of drug-likeness (QED) is 0.892. The van der Waals surface area contributed by atoms with E-state index in [0.717, 1.165) is 12.1 Å². The number of amides is 1. The fourth-order valence-electron chi connectivity index (χ4n) is 1.48. The van der Waals surface area contributed by atoms with E-state index in [2.05, 4.69) is 10.3 Å². The number of aryl methyl sites for hydroxylation is 1. The number of nitrogens with one attached hydrogen (secondary N) is 1. The average Bonchev–Trinajstić information content (AvgIpc) is 2.77. The van der Waals surface area contributed by atoms with Crippen LogP contribution in [0.4, 0.5) is 18.9 Å². The number of halogens is 4. The van der Waals surface area contributed by atoms with Crippen LogP contribution in [0.25, 0.3) is 0 Å². The summed E-state index contributed by atoms with van der Waals surface area (Å²) in [6.45, 7) is 1.73. The summed E-state index contributed by atoms with van der Waals surface area (Å²) in [5, 5.41) is 4.17.